The third-order valence-electron chi connectivity index (χ3n) is 4.40. The van der Waals surface area contributed by atoms with Gasteiger partial charge in [-0.3, -0.25) is 9.78 Å². The smallest absolute Gasteiger partial charge is 0.225 e. The van der Waals surface area contributed by atoms with E-state index in [1.807, 2.05) is 17.2 Å². The molecule has 1 saturated carbocycles. The molecule has 1 aliphatic heterocycles. The molecule has 0 bridgehead atoms. The van der Waals surface area contributed by atoms with Gasteiger partial charge in [-0.2, -0.15) is 0 Å². The molecule has 0 spiro atoms. The van der Waals surface area contributed by atoms with Crippen molar-refractivity contribution in [2.75, 3.05) is 6.54 Å². The van der Waals surface area contributed by atoms with E-state index in [4.69, 9.17) is 5.73 Å². The van der Waals surface area contributed by atoms with Crippen molar-refractivity contribution in [1.82, 2.24) is 9.88 Å². The van der Waals surface area contributed by atoms with E-state index in [-0.39, 0.29) is 5.92 Å². The van der Waals surface area contributed by atoms with Crippen LogP contribution >= 0.6 is 0 Å². The van der Waals surface area contributed by atoms with Crippen LogP contribution in [0.25, 0.3) is 0 Å². The molecule has 102 valence electrons. The van der Waals surface area contributed by atoms with Gasteiger partial charge >= 0.3 is 0 Å². The zero-order chi connectivity index (χ0) is 13.2. The highest BCUT2D eigenvalue weighted by atomic mass is 16.2. The van der Waals surface area contributed by atoms with Crippen molar-refractivity contribution >= 4 is 5.91 Å². The molecule has 1 amide bonds. The fourth-order valence-electron chi connectivity index (χ4n) is 3.18. The Morgan fingerprint density at radius 2 is 2.11 bits per heavy atom. The van der Waals surface area contributed by atoms with Crippen LogP contribution in [0.4, 0.5) is 0 Å². The fourth-order valence-corrected chi connectivity index (χ4v) is 3.18. The van der Waals surface area contributed by atoms with Crippen molar-refractivity contribution in [2.24, 2.45) is 11.7 Å². The predicted molar refractivity (Wildman–Crippen MR) is 73.3 cm³/mol. The first kappa shape index (κ1) is 12.6. The Labute approximate surface area is 114 Å². The van der Waals surface area contributed by atoms with Crippen LogP contribution in [0.5, 0.6) is 0 Å². The van der Waals surface area contributed by atoms with Crippen LogP contribution in [0.3, 0.4) is 0 Å². The van der Waals surface area contributed by atoms with Gasteiger partial charge in [0.2, 0.25) is 5.91 Å². The van der Waals surface area contributed by atoms with E-state index < -0.39 is 0 Å². The number of hydrogen-bond donors (Lipinski definition) is 1. The Kier molecular flexibility index (Phi) is 3.51. The molecule has 0 radical (unpaired) electrons. The molecule has 1 fully saturated rings. The fraction of sp³-hybridized carbons (Fsp3) is 0.600. The Hall–Kier alpha value is -1.42. The summed E-state index contributed by atoms with van der Waals surface area (Å²) in [6.07, 6.45) is 6.60. The lowest BCUT2D eigenvalue weighted by Crippen LogP contribution is -2.42. The summed E-state index contributed by atoms with van der Waals surface area (Å²) in [5.74, 6) is 0.513. The monoisotopic (exact) mass is 259 g/mol. The minimum atomic E-state index is 0.193. The van der Waals surface area contributed by atoms with Gasteiger partial charge < -0.3 is 10.6 Å². The second-order valence-corrected chi connectivity index (χ2v) is 5.73. The highest BCUT2D eigenvalue weighted by molar-refractivity contribution is 5.79. The van der Waals surface area contributed by atoms with Crippen molar-refractivity contribution in [3.8, 4) is 0 Å². The molecular formula is C15H21N3O. The van der Waals surface area contributed by atoms with Gasteiger partial charge in [0.05, 0.1) is 0 Å². The number of carbonyl (C=O) groups excluding carboxylic acids is 1. The Bertz CT molecular complexity index is 466. The molecule has 0 atom stereocenters. The summed E-state index contributed by atoms with van der Waals surface area (Å²) in [6.45, 7) is 1.54. The molecule has 1 aliphatic carbocycles. The Morgan fingerprint density at radius 3 is 2.89 bits per heavy atom. The first-order chi connectivity index (χ1) is 9.24. The minimum Gasteiger partial charge on any atom is -0.338 e. The lowest BCUT2D eigenvalue weighted by atomic mass is 9.85. The number of nitrogens with two attached hydrogens (primary N) is 1. The number of rotatable bonds is 1. The van der Waals surface area contributed by atoms with Crippen LogP contribution in [0.15, 0.2) is 18.3 Å². The first-order valence-electron chi connectivity index (χ1n) is 7.21. The summed E-state index contributed by atoms with van der Waals surface area (Å²) in [5, 5.41) is 0. The second kappa shape index (κ2) is 5.29. The zero-order valence-electron chi connectivity index (χ0n) is 11.2. The Morgan fingerprint density at radius 1 is 1.32 bits per heavy atom. The molecule has 2 aliphatic rings. The number of hydrogen-bond acceptors (Lipinski definition) is 3. The normalized spacial score (nSPS) is 26.9. The zero-order valence-corrected chi connectivity index (χ0v) is 11.2. The number of amides is 1. The summed E-state index contributed by atoms with van der Waals surface area (Å²) in [6, 6.07) is 4.33. The molecule has 4 heteroatoms. The van der Waals surface area contributed by atoms with E-state index in [0.29, 0.717) is 11.9 Å². The lowest BCUT2D eigenvalue weighted by molar-refractivity contribution is -0.137. The van der Waals surface area contributed by atoms with Gasteiger partial charge in [0.15, 0.2) is 0 Å². The summed E-state index contributed by atoms with van der Waals surface area (Å²) in [5.41, 5.74) is 8.26. The molecule has 1 aromatic rings. The van der Waals surface area contributed by atoms with Crippen LogP contribution in [0.1, 0.15) is 36.9 Å². The van der Waals surface area contributed by atoms with Crippen LogP contribution in [-0.2, 0) is 17.8 Å². The van der Waals surface area contributed by atoms with Crippen LogP contribution in [-0.4, -0.2) is 28.4 Å². The molecule has 0 unspecified atom stereocenters. The molecule has 0 saturated heterocycles. The van der Waals surface area contributed by atoms with Gasteiger partial charge in [-0.1, -0.05) is 6.07 Å². The minimum absolute atomic E-state index is 0.193. The van der Waals surface area contributed by atoms with Gasteiger partial charge in [-0.15, -0.1) is 0 Å². The molecule has 3 rings (SSSR count). The van der Waals surface area contributed by atoms with Gasteiger partial charge in [0.25, 0.3) is 0 Å². The standard InChI is InChI=1S/C15H21N3O/c16-13-5-3-11(4-6-13)15(19)18-9-7-14-12(10-18)2-1-8-17-14/h1-2,8,11,13H,3-7,9-10,16H2. The maximum atomic E-state index is 12.5. The van der Waals surface area contributed by atoms with Crippen LogP contribution < -0.4 is 5.73 Å². The van der Waals surface area contributed by atoms with Crippen molar-refractivity contribution in [1.29, 1.82) is 0 Å². The van der Waals surface area contributed by atoms with Gasteiger partial charge in [0.1, 0.15) is 0 Å². The van der Waals surface area contributed by atoms with E-state index in [9.17, 15) is 4.79 Å². The van der Waals surface area contributed by atoms with E-state index >= 15 is 0 Å². The van der Waals surface area contributed by atoms with Crippen molar-refractivity contribution in [3.05, 3.63) is 29.6 Å². The molecule has 2 heterocycles. The van der Waals surface area contributed by atoms with Crippen molar-refractivity contribution < 1.29 is 4.79 Å². The largest absolute Gasteiger partial charge is 0.338 e. The first-order valence-corrected chi connectivity index (χ1v) is 7.21. The summed E-state index contributed by atoms with van der Waals surface area (Å²) in [4.78, 5) is 18.9. The number of fused-ring (bicyclic) bond motifs is 1. The van der Waals surface area contributed by atoms with Crippen molar-refractivity contribution in [3.63, 3.8) is 0 Å². The van der Waals surface area contributed by atoms with E-state index in [2.05, 4.69) is 11.1 Å². The van der Waals surface area contributed by atoms with E-state index in [0.717, 1.165) is 50.9 Å². The number of nitrogens with zero attached hydrogens (tertiary/aromatic N) is 2. The summed E-state index contributed by atoms with van der Waals surface area (Å²) < 4.78 is 0. The van der Waals surface area contributed by atoms with Gasteiger partial charge in [-0.25, -0.2) is 0 Å². The highest BCUT2D eigenvalue weighted by Gasteiger charge is 2.30. The molecular weight excluding hydrogens is 238 g/mol. The van der Waals surface area contributed by atoms with Crippen LogP contribution in [0, 0.1) is 5.92 Å². The molecule has 4 nitrogen and oxygen atoms in total. The van der Waals surface area contributed by atoms with E-state index in [1.54, 1.807) is 0 Å². The molecule has 1 aromatic heterocycles. The average Bonchev–Trinajstić information content (AvgIpc) is 2.47. The van der Waals surface area contributed by atoms with Gasteiger partial charge in [-0.05, 0) is 37.3 Å². The topological polar surface area (TPSA) is 59.2 Å². The average molecular weight is 259 g/mol. The number of aromatic nitrogens is 1. The lowest BCUT2D eigenvalue weighted by Gasteiger charge is -2.33. The van der Waals surface area contributed by atoms with Crippen molar-refractivity contribution in [2.45, 2.75) is 44.7 Å². The number of pyridine rings is 1. The van der Waals surface area contributed by atoms with Gasteiger partial charge in [0, 0.05) is 43.4 Å². The molecule has 0 aromatic carbocycles. The Balaban J connectivity index is 1.66. The second-order valence-electron chi connectivity index (χ2n) is 5.73. The molecule has 19 heavy (non-hydrogen) atoms. The third kappa shape index (κ3) is 2.63. The van der Waals surface area contributed by atoms with Crippen LogP contribution in [0.2, 0.25) is 0 Å². The van der Waals surface area contributed by atoms with E-state index in [1.165, 1.54) is 5.56 Å². The summed E-state index contributed by atoms with van der Waals surface area (Å²) >= 11 is 0. The maximum Gasteiger partial charge on any atom is 0.225 e. The summed E-state index contributed by atoms with van der Waals surface area (Å²) in [7, 11) is 0. The molecule has 2 N–H and O–H groups in total. The quantitative estimate of drug-likeness (QED) is 0.831. The SMILES string of the molecule is NC1CCC(C(=O)N2CCc3ncccc3C2)CC1. The number of carbonyl (C=O) groups is 1. The third-order valence-corrected chi connectivity index (χ3v) is 4.40. The predicted octanol–water partition coefficient (Wildman–Crippen LogP) is 1.48. The highest BCUT2D eigenvalue weighted by Crippen LogP contribution is 2.27. The maximum absolute atomic E-state index is 12.5.